The molecule has 8 heteroatoms. The molecule has 2 aromatic heterocycles. The fourth-order valence-electron chi connectivity index (χ4n) is 4.14. The van der Waals surface area contributed by atoms with Crippen LogP contribution in [-0.2, 0) is 0 Å². The number of amides is 1. The molecule has 0 saturated heterocycles. The Kier molecular flexibility index (Phi) is 7.53. The summed E-state index contributed by atoms with van der Waals surface area (Å²) in [5.41, 5.74) is 4.10. The molecule has 0 spiro atoms. The Labute approximate surface area is 208 Å². The second-order valence-electron chi connectivity index (χ2n) is 8.51. The number of hydrogen-bond acceptors (Lipinski definition) is 6. The van der Waals surface area contributed by atoms with Gasteiger partial charge in [0.1, 0.15) is 4.83 Å². The van der Waals surface area contributed by atoms with Crippen LogP contribution in [0.15, 0.2) is 60.7 Å². The van der Waals surface area contributed by atoms with Gasteiger partial charge < -0.3 is 10.6 Å². The summed E-state index contributed by atoms with van der Waals surface area (Å²) in [5, 5.41) is 18.7. The maximum atomic E-state index is 13.3. The minimum atomic E-state index is -0.476. The zero-order chi connectivity index (χ0) is 24.9. The number of thiophene rings is 1. The summed E-state index contributed by atoms with van der Waals surface area (Å²) in [4.78, 5) is 30.4. The zero-order valence-electron chi connectivity index (χ0n) is 20.0. The third kappa shape index (κ3) is 5.39. The molecule has 0 fully saturated rings. The maximum Gasteiger partial charge on any atom is 0.269 e. The molecule has 0 aliphatic carbocycles. The quantitative estimate of drug-likeness (QED) is 0.158. The number of nitro benzene ring substituents is 1. The molecule has 0 bridgehead atoms. The predicted octanol–water partition coefficient (Wildman–Crippen LogP) is 6.55. The first-order valence-corrected chi connectivity index (χ1v) is 12.5. The number of nitro groups is 1. The molecule has 180 valence electrons. The van der Waals surface area contributed by atoms with E-state index in [4.69, 9.17) is 4.98 Å². The van der Waals surface area contributed by atoms with Crippen LogP contribution in [0.5, 0.6) is 0 Å². The Hall–Kier alpha value is -3.62. The van der Waals surface area contributed by atoms with Crippen molar-refractivity contribution in [2.24, 2.45) is 0 Å². The van der Waals surface area contributed by atoms with Crippen molar-refractivity contribution in [3.05, 3.63) is 98.0 Å². The number of aromatic nitrogens is 1. The zero-order valence-corrected chi connectivity index (χ0v) is 20.8. The van der Waals surface area contributed by atoms with E-state index in [-0.39, 0.29) is 17.6 Å². The number of non-ortho nitro benzene ring substituents is 1. The van der Waals surface area contributed by atoms with Gasteiger partial charge in [0.2, 0.25) is 0 Å². The van der Waals surface area contributed by atoms with Gasteiger partial charge in [-0.3, -0.25) is 14.9 Å². The Morgan fingerprint density at radius 2 is 1.83 bits per heavy atom. The number of carbonyl (C=O) groups is 1. The van der Waals surface area contributed by atoms with Crippen LogP contribution >= 0.6 is 11.3 Å². The Bertz CT molecular complexity index is 1350. The number of hydrogen-bond donors (Lipinski definition) is 2. The van der Waals surface area contributed by atoms with Crippen molar-refractivity contribution in [3.8, 4) is 0 Å². The van der Waals surface area contributed by atoms with Gasteiger partial charge in [-0.05, 0) is 56.1 Å². The summed E-state index contributed by atoms with van der Waals surface area (Å²) in [7, 11) is 0. The van der Waals surface area contributed by atoms with E-state index in [0.29, 0.717) is 5.56 Å². The number of benzene rings is 2. The molecule has 2 aromatic carbocycles. The normalized spacial score (nSPS) is 12.0. The van der Waals surface area contributed by atoms with Gasteiger partial charge in [-0.1, -0.05) is 43.7 Å². The highest BCUT2D eigenvalue weighted by molar-refractivity contribution is 7.19. The largest absolute Gasteiger partial charge is 0.320 e. The van der Waals surface area contributed by atoms with E-state index in [1.54, 1.807) is 11.3 Å². The third-order valence-electron chi connectivity index (χ3n) is 5.87. The number of unbranched alkanes of at least 4 members (excludes halogenated alkanes) is 1. The fraction of sp³-hybridized carbons (Fsp3) is 0.259. The molecular weight excluding hydrogens is 460 g/mol. The molecule has 0 aliphatic rings. The van der Waals surface area contributed by atoms with Crippen LogP contribution in [0.25, 0.3) is 10.2 Å². The lowest BCUT2D eigenvalue weighted by atomic mass is 10.0. The lowest BCUT2D eigenvalue weighted by Crippen LogP contribution is -2.24. The lowest BCUT2D eigenvalue weighted by molar-refractivity contribution is -0.384. The van der Waals surface area contributed by atoms with Crippen molar-refractivity contribution < 1.29 is 9.72 Å². The van der Waals surface area contributed by atoms with Crippen LogP contribution in [-0.4, -0.2) is 22.4 Å². The van der Waals surface area contributed by atoms with Crippen LogP contribution in [0.3, 0.4) is 0 Å². The van der Waals surface area contributed by atoms with Crippen LogP contribution in [0.2, 0.25) is 0 Å². The predicted molar refractivity (Wildman–Crippen MR) is 141 cm³/mol. The van der Waals surface area contributed by atoms with Gasteiger partial charge in [-0.25, -0.2) is 4.98 Å². The van der Waals surface area contributed by atoms with Gasteiger partial charge in [-0.15, -0.1) is 11.3 Å². The van der Waals surface area contributed by atoms with Gasteiger partial charge in [-0.2, -0.15) is 0 Å². The van der Waals surface area contributed by atoms with Gasteiger partial charge >= 0.3 is 0 Å². The molecule has 2 heterocycles. The maximum absolute atomic E-state index is 13.3. The van der Waals surface area contributed by atoms with Gasteiger partial charge in [0.05, 0.1) is 21.5 Å². The summed E-state index contributed by atoms with van der Waals surface area (Å²) < 4.78 is 0. The Morgan fingerprint density at radius 3 is 2.49 bits per heavy atom. The third-order valence-corrected chi connectivity index (χ3v) is 7.02. The minimum absolute atomic E-state index is 0.0528. The average molecular weight is 489 g/mol. The molecule has 0 radical (unpaired) electrons. The van der Waals surface area contributed by atoms with E-state index in [9.17, 15) is 14.9 Å². The van der Waals surface area contributed by atoms with Crippen molar-refractivity contribution in [1.82, 2.24) is 10.3 Å². The van der Waals surface area contributed by atoms with Gasteiger partial charge in [0.15, 0.2) is 0 Å². The summed E-state index contributed by atoms with van der Waals surface area (Å²) in [5.74, 6) is -0.318. The number of fused-ring (bicyclic) bond motifs is 1. The minimum Gasteiger partial charge on any atom is -0.320 e. The summed E-state index contributed by atoms with van der Waals surface area (Å²) in [6, 6.07) is 17.7. The SMILES string of the molecule is CCCCNC(c1ccccc1)c1sc2nc(C)cc(C)c2c1NC(=O)c1ccc([N+](=O)[O-])cc1. The highest BCUT2D eigenvalue weighted by Crippen LogP contribution is 2.42. The van der Waals surface area contributed by atoms with Crippen molar-refractivity contribution in [2.45, 2.75) is 39.7 Å². The molecule has 4 rings (SSSR count). The van der Waals surface area contributed by atoms with E-state index >= 15 is 0 Å². The first-order valence-electron chi connectivity index (χ1n) is 11.6. The molecule has 1 amide bonds. The Morgan fingerprint density at radius 1 is 1.11 bits per heavy atom. The summed E-state index contributed by atoms with van der Waals surface area (Å²) >= 11 is 1.58. The Balaban J connectivity index is 1.81. The fourth-order valence-corrected chi connectivity index (χ4v) is 5.49. The molecule has 7 nitrogen and oxygen atoms in total. The number of nitrogens with one attached hydrogen (secondary N) is 2. The average Bonchev–Trinajstić information content (AvgIpc) is 3.20. The summed E-state index contributed by atoms with van der Waals surface area (Å²) in [6.45, 7) is 6.99. The van der Waals surface area contributed by atoms with Crippen LogP contribution in [0, 0.1) is 24.0 Å². The molecule has 1 unspecified atom stereocenters. The first-order chi connectivity index (χ1) is 16.9. The van der Waals surface area contributed by atoms with Crippen molar-refractivity contribution in [2.75, 3.05) is 11.9 Å². The second kappa shape index (κ2) is 10.8. The van der Waals surface area contributed by atoms with E-state index in [2.05, 4.69) is 29.7 Å². The molecule has 35 heavy (non-hydrogen) atoms. The van der Waals surface area contributed by atoms with E-state index in [1.807, 2.05) is 38.1 Å². The van der Waals surface area contributed by atoms with Gasteiger partial charge in [0.25, 0.3) is 11.6 Å². The molecule has 2 N–H and O–H groups in total. The second-order valence-corrected chi connectivity index (χ2v) is 9.54. The van der Waals surface area contributed by atoms with E-state index in [1.165, 1.54) is 24.3 Å². The highest BCUT2D eigenvalue weighted by Gasteiger charge is 2.25. The van der Waals surface area contributed by atoms with Crippen molar-refractivity contribution >= 4 is 38.8 Å². The van der Waals surface area contributed by atoms with Crippen molar-refractivity contribution in [1.29, 1.82) is 0 Å². The van der Waals surface area contributed by atoms with Crippen LogP contribution in [0.1, 0.15) is 57.9 Å². The van der Waals surface area contributed by atoms with Crippen LogP contribution < -0.4 is 10.6 Å². The monoisotopic (exact) mass is 488 g/mol. The van der Waals surface area contributed by atoms with E-state index < -0.39 is 4.92 Å². The smallest absolute Gasteiger partial charge is 0.269 e. The number of anilines is 1. The number of rotatable bonds is 9. The number of pyridine rings is 1. The molecular formula is C27H28N4O3S. The molecule has 4 aromatic rings. The topological polar surface area (TPSA) is 97.2 Å². The number of carbonyl (C=O) groups excluding carboxylic acids is 1. The lowest BCUT2D eigenvalue weighted by Gasteiger charge is -2.20. The molecule has 0 aliphatic heterocycles. The number of nitrogens with zero attached hydrogens (tertiary/aromatic N) is 2. The van der Waals surface area contributed by atoms with Gasteiger partial charge in [0, 0.05) is 28.8 Å². The first kappa shape index (κ1) is 24.5. The summed E-state index contributed by atoms with van der Waals surface area (Å²) in [6.07, 6.45) is 2.11. The van der Waals surface area contributed by atoms with E-state index in [0.717, 1.165) is 57.0 Å². The number of aryl methyl sites for hydroxylation is 2. The standard InChI is InChI=1S/C27H28N4O3S/c1-4-5-15-28-23(19-9-7-6-8-10-19)25-24(22-17(2)16-18(3)29-27(22)35-25)30-26(32)20-11-13-21(14-12-20)31(33)34/h6-14,16,23,28H,4-5,15H2,1-3H3,(H,30,32). The molecule has 0 saturated carbocycles. The van der Waals surface area contributed by atoms with Crippen LogP contribution in [0.4, 0.5) is 11.4 Å². The highest BCUT2D eigenvalue weighted by atomic mass is 32.1. The van der Waals surface area contributed by atoms with Crippen molar-refractivity contribution in [3.63, 3.8) is 0 Å². The molecule has 1 atom stereocenters.